The average Bonchev–Trinajstić information content (AvgIpc) is 3.34. The predicted molar refractivity (Wildman–Crippen MR) is 102 cm³/mol. The molecule has 148 valence electrons. The van der Waals surface area contributed by atoms with Gasteiger partial charge in [0, 0.05) is 25.4 Å². The third-order valence-corrected chi connectivity index (χ3v) is 6.03. The van der Waals surface area contributed by atoms with E-state index in [-0.39, 0.29) is 19.5 Å². The zero-order valence-corrected chi connectivity index (χ0v) is 15.5. The Balaban J connectivity index is 1.27. The van der Waals surface area contributed by atoms with Crippen molar-refractivity contribution in [2.75, 3.05) is 24.8 Å². The Kier molecular flexibility index (Phi) is 4.49. The molecule has 1 saturated heterocycles. The summed E-state index contributed by atoms with van der Waals surface area (Å²) < 4.78 is 16.9. The van der Waals surface area contributed by atoms with E-state index in [2.05, 4.69) is 9.88 Å². The van der Waals surface area contributed by atoms with Crippen LogP contribution in [0.1, 0.15) is 18.4 Å². The average molecular weight is 384 g/mol. The van der Waals surface area contributed by atoms with Crippen molar-refractivity contribution in [2.45, 2.75) is 31.7 Å². The van der Waals surface area contributed by atoms with Gasteiger partial charge in [0.05, 0.1) is 12.7 Å². The summed E-state index contributed by atoms with van der Waals surface area (Å²) in [6.45, 7) is 2.01. The molecule has 3 heterocycles. The Morgan fingerprint density at radius 2 is 1.89 bits per heavy atom. The van der Waals surface area contributed by atoms with E-state index < -0.39 is 6.10 Å². The minimum absolute atomic E-state index is 0.0143. The molecule has 1 saturated carbocycles. The van der Waals surface area contributed by atoms with Crippen molar-refractivity contribution >= 4 is 5.82 Å². The highest BCUT2D eigenvalue weighted by Gasteiger charge is 2.43. The maximum absolute atomic E-state index is 10.7. The molecule has 2 aliphatic heterocycles. The smallest absolute Gasteiger partial charge is 0.231 e. The van der Waals surface area contributed by atoms with Crippen molar-refractivity contribution in [1.82, 2.24) is 4.98 Å². The zero-order valence-electron chi connectivity index (χ0n) is 15.5. The molecule has 0 unspecified atom stereocenters. The van der Waals surface area contributed by atoms with Crippen LogP contribution in [0.4, 0.5) is 5.82 Å². The Morgan fingerprint density at radius 3 is 2.75 bits per heavy atom. The second kappa shape index (κ2) is 7.14. The first kappa shape index (κ1) is 17.6. The summed E-state index contributed by atoms with van der Waals surface area (Å²) in [7, 11) is 0. The Bertz CT molecular complexity index is 860. The lowest BCUT2D eigenvalue weighted by atomic mass is 9.78. The minimum Gasteiger partial charge on any atom is -0.488 e. The van der Waals surface area contributed by atoms with Crippen molar-refractivity contribution in [1.29, 1.82) is 0 Å². The third-order valence-electron chi connectivity index (χ3n) is 6.03. The van der Waals surface area contributed by atoms with E-state index in [4.69, 9.17) is 14.2 Å². The predicted octanol–water partition coefficient (Wildman–Crippen LogP) is 1.96. The van der Waals surface area contributed by atoms with E-state index in [0.717, 1.165) is 43.1 Å². The molecular formula is C21H24N2O5. The van der Waals surface area contributed by atoms with E-state index in [0.29, 0.717) is 23.3 Å². The van der Waals surface area contributed by atoms with Gasteiger partial charge >= 0.3 is 0 Å². The lowest BCUT2D eigenvalue weighted by molar-refractivity contribution is -0.0232. The molecule has 4 atom stereocenters. The van der Waals surface area contributed by atoms with E-state index in [1.807, 2.05) is 30.3 Å². The van der Waals surface area contributed by atoms with Gasteiger partial charge in [0.1, 0.15) is 17.7 Å². The number of hydrogen-bond donors (Lipinski definition) is 2. The first-order valence-electron chi connectivity index (χ1n) is 9.74. The minimum atomic E-state index is -0.497. The molecule has 7 nitrogen and oxygen atoms in total. The number of fused-ring (bicyclic) bond motifs is 2. The van der Waals surface area contributed by atoms with Gasteiger partial charge in [-0.05, 0) is 54.5 Å². The fourth-order valence-corrected chi connectivity index (χ4v) is 4.56. The molecule has 2 aromatic rings. The first-order chi connectivity index (χ1) is 13.7. The summed E-state index contributed by atoms with van der Waals surface area (Å²) in [5, 5.41) is 20.0. The van der Waals surface area contributed by atoms with Gasteiger partial charge in [-0.2, -0.15) is 0 Å². The third kappa shape index (κ3) is 3.25. The lowest BCUT2D eigenvalue weighted by Crippen LogP contribution is -2.42. The monoisotopic (exact) mass is 384 g/mol. The molecule has 1 aromatic heterocycles. The standard InChI is InChI=1S/C21H24N2O5/c24-11-13-3-4-22-21(5-13)23-9-14-6-17(25)19(7-15(14)10-23)28-16-1-2-18-20(8-16)27-12-26-18/h1-5,8,14-15,17,19,24-25H,6-7,9-12H2/t14-,15+,17+,19+/m0/s1. The van der Waals surface area contributed by atoms with Crippen LogP contribution in [0, 0.1) is 11.8 Å². The largest absolute Gasteiger partial charge is 0.488 e. The number of hydrogen-bond acceptors (Lipinski definition) is 7. The number of rotatable bonds is 4. The van der Waals surface area contributed by atoms with Crippen molar-refractivity contribution in [3.05, 3.63) is 42.1 Å². The van der Waals surface area contributed by atoms with Crippen LogP contribution in [0.15, 0.2) is 36.5 Å². The molecule has 5 rings (SSSR count). The number of anilines is 1. The molecule has 3 aliphatic rings. The van der Waals surface area contributed by atoms with Gasteiger partial charge < -0.3 is 29.3 Å². The zero-order chi connectivity index (χ0) is 19.1. The van der Waals surface area contributed by atoms with Crippen LogP contribution >= 0.6 is 0 Å². The van der Waals surface area contributed by atoms with E-state index in [1.54, 1.807) is 6.20 Å². The molecule has 0 spiro atoms. The van der Waals surface area contributed by atoms with Crippen LogP contribution in [-0.2, 0) is 6.61 Å². The van der Waals surface area contributed by atoms with Gasteiger partial charge in [0.15, 0.2) is 11.5 Å². The fraction of sp³-hybridized carbons (Fsp3) is 0.476. The summed E-state index contributed by atoms with van der Waals surface area (Å²) in [6.07, 6.45) is 2.53. The van der Waals surface area contributed by atoms with Crippen LogP contribution < -0.4 is 19.1 Å². The maximum atomic E-state index is 10.7. The Labute approximate surface area is 163 Å². The fourth-order valence-electron chi connectivity index (χ4n) is 4.56. The van der Waals surface area contributed by atoms with Crippen molar-refractivity contribution < 1.29 is 24.4 Å². The van der Waals surface area contributed by atoms with E-state index >= 15 is 0 Å². The van der Waals surface area contributed by atoms with Gasteiger partial charge in [0.25, 0.3) is 0 Å². The summed E-state index contributed by atoms with van der Waals surface area (Å²) in [5.41, 5.74) is 0.865. The number of aromatic nitrogens is 1. The number of pyridine rings is 1. The van der Waals surface area contributed by atoms with E-state index in [1.165, 1.54) is 0 Å². The summed E-state index contributed by atoms with van der Waals surface area (Å²) in [6, 6.07) is 9.29. The molecule has 2 fully saturated rings. The highest BCUT2D eigenvalue weighted by molar-refractivity contribution is 5.47. The van der Waals surface area contributed by atoms with Crippen LogP contribution in [0.3, 0.4) is 0 Å². The Morgan fingerprint density at radius 1 is 1.07 bits per heavy atom. The quantitative estimate of drug-likeness (QED) is 0.834. The van der Waals surface area contributed by atoms with Crippen molar-refractivity contribution in [3.63, 3.8) is 0 Å². The molecule has 0 amide bonds. The van der Waals surface area contributed by atoms with Gasteiger partial charge in [-0.1, -0.05) is 0 Å². The van der Waals surface area contributed by atoms with Crippen LogP contribution in [0.5, 0.6) is 17.2 Å². The lowest BCUT2D eigenvalue weighted by Gasteiger charge is -2.35. The second-order valence-corrected chi connectivity index (χ2v) is 7.82. The summed E-state index contributed by atoms with van der Waals surface area (Å²) in [5.74, 6) is 3.86. The van der Waals surface area contributed by atoms with Crippen LogP contribution in [0.25, 0.3) is 0 Å². The SMILES string of the molecule is OCc1ccnc(N2C[C@H]3C[C@@H](Oc4ccc5c(c4)OCO5)[C@H](O)C[C@H]3C2)c1. The van der Waals surface area contributed by atoms with Gasteiger partial charge in [-0.25, -0.2) is 4.98 Å². The van der Waals surface area contributed by atoms with Gasteiger partial charge in [-0.15, -0.1) is 0 Å². The van der Waals surface area contributed by atoms with Crippen molar-refractivity contribution in [2.24, 2.45) is 11.8 Å². The molecule has 1 aromatic carbocycles. The topological polar surface area (TPSA) is 84.3 Å². The molecule has 28 heavy (non-hydrogen) atoms. The molecule has 1 aliphatic carbocycles. The maximum Gasteiger partial charge on any atom is 0.231 e. The number of aliphatic hydroxyl groups excluding tert-OH is 2. The number of ether oxygens (including phenoxy) is 3. The van der Waals surface area contributed by atoms with Gasteiger partial charge in [-0.3, -0.25) is 0 Å². The Hall–Kier alpha value is -2.51. The summed E-state index contributed by atoms with van der Waals surface area (Å²) >= 11 is 0. The normalized spacial score (nSPS) is 28.3. The highest BCUT2D eigenvalue weighted by Crippen LogP contribution is 2.41. The molecule has 0 bridgehead atoms. The van der Waals surface area contributed by atoms with Gasteiger partial charge in [0.2, 0.25) is 6.79 Å². The summed E-state index contributed by atoms with van der Waals surface area (Å²) in [4.78, 5) is 6.72. The molecule has 0 radical (unpaired) electrons. The highest BCUT2D eigenvalue weighted by atomic mass is 16.7. The molecule has 7 heteroatoms. The molecule has 2 N–H and O–H groups in total. The second-order valence-electron chi connectivity index (χ2n) is 7.82. The number of aliphatic hydroxyl groups is 2. The van der Waals surface area contributed by atoms with Crippen LogP contribution in [0.2, 0.25) is 0 Å². The van der Waals surface area contributed by atoms with E-state index in [9.17, 15) is 10.2 Å². The van der Waals surface area contributed by atoms with Crippen molar-refractivity contribution in [3.8, 4) is 17.2 Å². The number of benzene rings is 1. The molecular weight excluding hydrogens is 360 g/mol. The van der Waals surface area contributed by atoms with Crippen LogP contribution in [-0.4, -0.2) is 47.3 Å². The number of nitrogens with zero attached hydrogens (tertiary/aromatic N) is 2. The first-order valence-corrected chi connectivity index (χ1v) is 9.74.